The molecule has 0 aromatic heterocycles. The summed E-state index contributed by atoms with van der Waals surface area (Å²) in [6, 6.07) is 0. The molecular weight excluding hydrogens is 586 g/mol. The molecule has 0 saturated carbocycles. The molecule has 0 aliphatic rings. The van der Waals surface area contributed by atoms with Crippen LogP contribution < -0.4 is 0 Å². The van der Waals surface area contributed by atoms with Crippen LogP contribution in [0.25, 0.3) is 0 Å². The maximum absolute atomic E-state index is 13.1. The van der Waals surface area contributed by atoms with Crippen molar-refractivity contribution in [2.75, 3.05) is 20.6 Å². The van der Waals surface area contributed by atoms with Crippen LogP contribution in [0.1, 0.15) is 206 Å². The van der Waals surface area contributed by atoms with Gasteiger partial charge < -0.3 is 4.90 Å². The third-order valence-electron chi connectivity index (χ3n) is 9.26. The number of carbonyl (C=O) groups is 2. The van der Waals surface area contributed by atoms with E-state index in [1.165, 1.54) is 141 Å². The molecule has 0 fully saturated rings. The first kappa shape index (κ1) is 47.2. The topological polar surface area (TPSA) is 37.4 Å². The van der Waals surface area contributed by atoms with Gasteiger partial charge in [-0.25, -0.2) is 0 Å². The third kappa shape index (κ3) is 35.9. The predicted octanol–water partition coefficient (Wildman–Crippen LogP) is 13.6. The van der Waals surface area contributed by atoms with E-state index in [-0.39, 0.29) is 18.3 Å². The first-order chi connectivity index (χ1) is 22.0. The van der Waals surface area contributed by atoms with Crippen LogP contribution in [-0.2, 0) is 9.59 Å². The summed E-state index contributed by atoms with van der Waals surface area (Å²) < 4.78 is 0. The van der Waals surface area contributed by atoms with Gasteiger partial charge in [0.25, 0.3) is 0 Å². The van der Waals surface area contributed by atoms with E-state index >= 15 is 0 Å². The lowest BCUT2D eigenvalue weighted by atomic mass is 9.89. The minimum absolute atomic E-state index is 0. The van der Waals surface area contributed by atoms with Crippen molar-refractivity contribution in [3.63, 3.8) is 0 Å². The van der Waals surface area contributed by atoms with Gasteiger partial charge in [-0.05, 0) is 91.3 Å². The molecule has 0 saturated heterocycles. The number of nitrogens with zero attached hydrogens (tertiary/aromatic N) is 1. The van der Waals surface area contributed by atoms with E-state index in [0.717, 1.165) is 38.6 Å². The molecule has 4 heteroatoms. The van der Waals surface area contributed by atoms with E-state index in [0.29, 0.717) is 30.8 Å². The molecule has 0 heterocycles. The predicted molar refractivity (Wildman–Crippen MR) is 207 cm³/mol. The molecule has 46 heavy (non-hydrogen) atoms. The molecule has 0 aromatic carbocycles. The van der Waals surface area contributed by atoms with Crippen molar-refractivity contribution in [3.05, 3.63) is 24.3 Å². The van der Waals surface area contributed by atoms with Crippen molar-refractivity contribution in [2.24, 2.45) is 5.92 Å². The summed E-state index contributed by atoms with van der Waals surface area (Å²) in [5.41, 5.74) is 0. The Balaban J connectivity index is 0. The minimum atomic E-state index is -0.0835. The van der Waals surface area contributed by atoms with Gasteiger partial charge in [-0.3, -0.25) is 9.59 Å². The molecule has 3 nitrogen and oxygen atoms in total. The monoisotopic (exact) mass is 666 g/mol. The van der Waals surface area contributed by atoms with Gasteiger partial charge in [-0.15, -0.1) is 12.4 Å². The number of hydrogen-bond acceptors (Lipinski definition) is 3. The van der Waals surface area contributed by atoms with Gasteiger partial charge in [0.1, 0.15) is 11.6 Å². The average Bonchev–Trinajstić information content (AvgIpc) is 3.02. The molecule has 0 aromatic rings. The lowest BCUT2D eigenvalue weighted by Crippen LogP contribution is -2.24. The molecule has 0 amide bonds. The molecule has 0 radical (unpaired) electrons. The van der Waals surface area contributed by atoms with Crippen LogP contribution in [0, 0.1) is 5.92 Å². The van der Waals surface area contributed by atoms with Gasteiger partial charge in [-0.1, -0.05) is 141 Å². The summed E-state index contributed by atoms with van der Waals surface area (Å²) in [6.45, 7) is 5.43. The summed E-state index contributed by atoms with van der Waals surface area (Å²) >= 11 is 0. The van der Waals surface area contributed by atoms with Crippen molar-refractivity contribution >= 4 is 24.0 Å². The van der Waals surface area contributed by atoms with E-state index in [9.17, 15) is 9.59 Å². The van der Waals surface area contributed by atoms with Crippen LogP contribution in [-0.4, -0.2) is 37.1 Å². The zero-order valence-electron chi connectivity index (χ0n) is 31.5. The summed E-state index contributed by atoms with van der Waals surface area (Å²) in [4.78, 5) is 28.0. The van der Waals surface area contributed by atoms with Gasteiger partial charge in [0, 0.05) is 25.2 Å². The lowest BCUT2D eigenvalue weighted by molar-refractivity contribution is -0.128. The standard InChI is InChI=1S/C42H79NO2.ClH/c1-5-7-9-11-13-15-17-19-21-23-25-27-29-31-33-35-41(44)39-40(37-38-43(3)4)42(45)36-34-32-30-28-26-24-22-20-18-16-14-12-10-8-6-2;/h19-22,40H,5-18,23-39H2,1-4H3;1H/b21-19-,22-20-;. The molecule has 0 rings (SSSR count). The Bertz CT molecular complexity index is 702. The summed E-state index contributed by atoms with van der Waals surface area (Å²) in [6.07, 6.45) is 45.1. The van der Waals surface area contributed by atoms with Crippen LogP contribution in [0.2, 0.25) is 0 Å². The number of carbonyl (C=O) groups excluding carboxylic acids is 2. The highest BCUT2D eigenvalue weighted by atomic mass is 35.5. The molecule has 0 aliphatic heterocycles. The Labute approximate surface area is 295 Å². The highest BCUT2D eigenvalue weighted by Crippen LogP contribution is 2.19. The third-order valence-corrected chi connectivity index (χ3v) is 9.26. The first-order valence-electron chi connectivity index (χ1n) is 20.0. The molecule has 0 aliphatic carbocycles. The van der Waals surface area contributed by atoms with Crippen LogP contribution >= 0.6 is 12.4 Å². The maximum atomic E-state index is 13.1. The fourth-order valence-electron chi connectivity index (χ4n) is 6.13. The molecular formula is C42H80ClNO2. The normalized spacial score (nSPS) is 12.4. The van der Waals surface area contributed by atoms with Gasteiger partial charge in [0.15, 0.2) is 0 Å². The average molecular weight is 667 g/mol. The van der Waals surface area contributed by atoms with Crippen LogP contribution in [0.3, 0.4) is 0 Å². The summed E-state index contributed by atoms with van der Waals surface area (Å²) in [5, 5.41) is 0. The van der Waals surface area contributed by atoms with E-state index in [2.05, 4.69) is 57.1 Å². The number of allylic oxidation sites excluding steroid dienone is 4. The molecule has 0 N–H and O–H groups in total. The fraction of sp³-hybridized carbons (Fsp3) is 0.857. The van der Waals surface area contributed by atoms with Crippen molar-refractivity contribution in [1.82, 2.24) is 4.90 Å². The number of unbranched alkanes of at least 4 members (excludes halogenated alkanes) is 22. The molecule has 1 unspecified atom stereocenters. The van der Waals surface area contributed by atoms with Crippen molar-refractivity contribution < 1.29 is 9.59 Å². The second-order valence-electron chi connectivity index (χ2n) is 14.2. The van der Waals surface area contributed by atoms with E-state index < -0.39 is 0 Å². The Morgan fingerprint density at radius 3 is 1.24 bits per heavy atom. The maximum Gasteiger partial charge on any atom is 0.136 e. The van der Waals surface area contributed by atoms with E-state index in [1.54, 1.807) is 0 Å². The number of Topliss-reactive ketones (excluding diaryl/α,β-unsaturated/α-hetero) is 2. The number of hydrogen-bond donors (Lipinski definition) is 0. The zero-order chi connectivity index (χ0) is 33.1. The smallest absolute Gasteiger partial charge is 0.136 e. The number of halogens is 1. The first-order valence-corrected chi connectivity index (χ1v) is 20.0. The zero-order valence-corrected chi connectivity index (χ0v) is 32.3. The van der Waals surface area contributed by atoms with E-state index in [1.807, 2.05) is 0 Å². The highest BCUT2D eigenvalue weighted by molar-refractivity contribution is 5.88. The quantitative estimate of drug-likeness (QED) is 0.0493. The SMILES string of the molecule is CCCCCCCC/C=C\CCCCCCCC(=O)CC(CCN(C)C)C(=O)CCCCCCC/C=C\CCCCCCCC.Cl. The van der Waals surface area contributed by atoms with Crippen LogP contribution in [0.15, 0.2) is 24.3 Å². The number of rotatable bonds is 36. The Morgan fingerprint density at radius 1 is 0.500 bits per heavy atom. The minimum Gasteiger partial charge on any atom is -0.309 e. The second-order valence-corrected chi connectivity index (χ2v) is 14.2. The van der Waals surface area contributed by atoms with Crippen molar-refractivity contribution in [3.8, 4) is 0 Å². The van der Waals surface area contributed by atoms with Crippen LogP contribution in [0.5, 0.6) is 0 Å². The van der Waals surface area contributed by atoms with Gasteiger partial charge >= 0.3 is 0 Å². The highest BCUT2D eigenvalue weighted by Gasteiger charge is 2.21. The molecule has 272 valence electrons. The van der Waals surface area contributed by atoms with Crippen molar-refractivity contribution in [2.45, 2.75) is 206 Å². The molecule has 0 bridgehead atoms. The lowest BCUT2D eigenvalue weighted by Gasteiger charge is -2.18. The summed E-state index contributed by atoms with van der Waals surface area (Å²) in [7, 11) is 4.11. The van der Waals surface area contributed by atoms with Gasteiger partial charge in [-0.2, -0.15) is 0 Å². The summed E-state index contributed by atoms with van der Waals surface area (Å²) in [5.74, 6) is 0.543. The van der Waals surface area contributed by atoms with Crippen LogP contribution in [0.4, 0.5) is 0 Å². The van der Waals surface area contributed by atoms with Gasteiger partial charge in [0.05, 0.1) is 0 Å². The largest absolute Gasteiger partial charge is 0.309 e. The molecule has 0 spiro atoms. The second kappa shape index (κ2) is 38.5. The Morgan fingerprint density at radius 2 is 0.848 bits per heavy atom. The number of ketones is 2. The Hall–Kier alpha value is -0.930. The fourth-order valence-corrected chi connectivity index (χ4v) is 6.13. The molecule has 1 atom stereocenters. The Kier molecular flexibility index (Phi) is 39.5. The van der Waals surface area contributed by atoms with Crippen molar-refractivity contribution in [1.29, 1.82) is 0 Å². The van der Waals surface area contributed by atoms with Gasteiger partial charge in [0.2, 0.25) is 0 Å². The van der Waals surface area contributed by atoms with E-state index in [4.69, 9.17) is 0 Å².